The summed E-state index contributed by atoms with van der Waals surface area (Å²) >= 11 is 11.9. The normalized spacial score (nSPS) is 11.9. The predicted octanol–water partition coefficient (Wildman–Crippen LogP) is 4.99. The topological polar surface area (TPSA) is 150 Å². The first-order valence-corrected chi connectivity index (χ1v) is 15.0. The van der Waals surface area contributed by atoms with Crippen LogP contribution in [0.3, 0.4) is 0 Å². The van der Waals surface area contributed by atoms with E-state index in [1.807, 2.05) is 0 Å². The third kappa shape index (κ3) is 6.47. The van der Waals surface area contributed by atoms with Crippen LogP contribution in [-0.2, 0) is 21.1 Å². The van der Waals surface area contributed by atoms with E-state index in [0.717, 1.165) is 17.7 Å². The van der Waals surface area contributed by atoms with Gasteiger partial charge in [0.25, 0.3) is 15.9 Å². The van der Waals surface area contributed by atoms with Gasteiger partial charge in [-0.2, -0.15) is 0 Å². The van der Waals surface area contributed by atoms with Gasteiger partial charge in [-0.3, -0.25) is 13.7 Å². The molecule has 4 rings (SSSR count). The van der Waals surface area contributed by atoms with Crippen molar-refractivity contribution < 1.29 is 27.6 Å². The fraction of sp³-hybridized carbons (Fsp3) is 0.0800. The second-order valence-corrected chi connectivity index (χ2v) is 12.7. The van der Waals surface area contributed by atoms with Crippen LogP contribution in [0.25, 0.3) is 10.8 Å². The SMILES string of the molecule is Nc1ccc(CNC(=O)c2cccc3cc(N(CP(=O)(O)O)S(=O)(=O)c4cc(Cl)cc(Cl)c4)ccc23)cc1. The van der Waals surface area contributed by atoms with Crippen LogP contribution in [-0.4, -0.2) is 30.4 Å². The lowest BCUT2D eigenvalue weighted by molar-refractivity contribution is 0.0952. The number of benzene rings is 4. The molecular formula is C25H22Cl2N3O6PS. The van der Waals surface area contributed by atoms with Gasteiger partial charge in [0.2, 0.25) is 0 Å². The van der Waals surface area contributed by atoms with Gasteiger partial charge in [-0.25, -0.2) is 8.42 Å². The fourth-order valence-corrected chi connectivity index (χ4v) is 7.22. The number of fused-ring (bicyclic) bond motifs is 1. The van der Waals surface area contributed by atoms with Gasteiger partial charge in [-0.05, 0) is 64.9 Å². The number of carbonyl (C=O) groups excluding carboxylic acids is 1. The number of rotatable bonds is 8. The van der Waals surface area contributed by atoms with E-state index in [9.17, 15) is 27.6 Å². The Morgan fingerprint density at radius 3 is 2.24 bits per heavy atom. The molecule has 0 aliphatic rings. The van der Waals surface area contributed by atoms with Crippen molar-refractivity contribution in [2.45, 2.75) is 11.4 Å². The molecule has 5 N–H and O–H groups in total. The Morgan fingerprint density at radius 1 is 0.947 bits per heavy atom. The van der Waals surface area contributed by atoms with E-state index in [2.05, 4.69) is 5.32 Å². The Bertz CT molecular complexity index is 1660. The average molecular weight is 594 g/mol. The summed E-state index contributed by atoms with van der Waals surface area (Å²) in [5, 5.41) is 3.92. The highest BCUT2D eigenvalue weighted by Gasteiger charge is 2.32. The highest BCUT2D eigenvalue weighted by molar-refractivity contribution is 7.93. The minimum absolute atomic E-state index is 0.0173. The van der Waals surface area contributed by atoms with E-state index < -0.39 is 23.9 Å². The number of hydrogen-bond donors (Lipinski definition) is 4. The first kappa shape index (κ1) is 27.9. The van der Waals surface area contributed by atoms with E-state index in [4.69, 9.17) is 28.9 Å². The molecule has 9 nitrogen and oxygen atoms in total. The highest BCUT2D eigenvalue weighted by Crippen LogP contribution is 2.40. The lowest BCUT2D eigenvalue weighted by Gasteiger charge is -2.25. The lowest BCUT2D eigenvalue weighted by atomic mass is 10.0. The average Bonchev–Trinajstić information content (AvgIpc) is 2.85. The van der Waals surface area contributed by atoms with Gasteiger partial charge >= 0.3 is 7.60 Å². The molecule has 0 radical (unpaired) electrons. The quantitative estimate of drug-likeness (QED) is 0.166. The number of nitrogens with one attached hydrogen (secondary N) is 1. The van der Waals surface area contributed by atoms with Crippen LogP contribution >= 0.6 is 30.8 Å². The number of hydrogen-bond acceptors (Lipinski definition) is 5. The first-order valence-electron chi connectivity index (χ1n) is 11.0. The lowest BCUT2D eigenvalue weighted by Crippen LogP contribution is -2.32. The molecule has 4 aromatic rings. The largest absolute Gasteiger partial charge is 0.399 e. The van der Waals surface area contributed by atoms with Crippen LogP contribution < -0.4 is 15.4 Å². The molecule has 13 heteroatoms. The Balaban J connectivity index is 1.71. The van der Waals surface area contributed by atoms with Gasteiger partial charge in [0.05, 0.1) is 10.6 Å². The second-order valence-electron chi connectivity index (χ2n) is 8.40. The van der Waals surface area contributed by atoms with E-state index in [-0.39, 0.29) is 33.1 Å². The molecule has 0 saturated carbocycles. The van der Waals surface area contributed by atoms with Crippen LogP contribution in [0.4, 0.5) is 11.4 Å². The molecule has 0 atom stereocenters. The smallest absolute Gasteiger partial charge is 0.345 e. The van der Waals surface area contributed by atoms with Crippen LogP contribution in [0.15, 0.2) is 83.8 Å². The molecule has 0 unspecified atom stereocenters. The maximum atomic E-state index is 13.5. The van der Waals surface area contributed by atoms with Crippen molar-refractivity contribution in [2.75, 3.05) is 16.3 Å². The van der Waals surface area contributed by atoms with Gasteiger partial charge in [0.1, 0.15) is 6.29 Å². The van der Waals surface area contributed by atoms with Crippen molar-refractivity contribution in [2.24, 2.45) is 0 Å². The van der Waals surface area contributed by atoms with E-state index in [0.29, 0.717) is 26.3 Å². The Labute approximate surface area is 229 Å². The number of carbonyl (C=O) groups is 1. The summed E-state index contributed by atoms with van der Waals surface area (Å²) in [6, 6.07) is 19.9. The van der Waals surface area contributed by atoms with Crippen molar-refractivity contribution >= 4 is 68.9 Å². The van der Waals surface area contributed by atoms with E-state index in [1.54, 1.807) is 42.5 Å². The van der Waals surface area contributed by atoms with Crippen molar-refractivity contribution in [1.82, 2.24) is 5.32 Å². The number of nitrogen functional groups attached to an aromatic ring is 1. The molecule has 0 heterocycles. The molecule has 0 aliphatic heterocycles. The van der Waals surface area contributed by atoms with Crippen LogP contribution in [0.1, 0.15) is 15.9 Å². The summed E-state index contributed by atoms with van der Waals surface area (Å²) in [5.41, 5.74) is 7.48. The summed E-state index contributed by atoms with van der Waals surface area (Å²) in [7, 11) is -9.33. The molecular weight excluding hydrogens is 572 g/mol. The third-order valence-corrected chi connectivity index (χ3v) is 8.60. The van der Waals surface area contributed by atoms with Crippen LogP contribution in [0.5, 0.6) is 0 Å². The van der Waals surface area contributed by atoms with Crippen molar-refractivity contribution in [3.05, 3.63) is 100 Å². The number of halogens is 2. The number of nitrogens with zero attached hydrogens (tertiary/aromatic N) is 1. The number of nitrogens with two attached hydrogens (primary N) is 1. The maximum absolute atomic E-state index is 13.5. The van der Waals surface area contributed by atoms with Gasteiger partial charge in [-0.1, -0.05) is 53.5 Å². The molecule has 198 valence electrons. The Hall–Kier alpha value is -3.11. The zero-order chi connectivity index (χ0) is 27.7. The number of sulfonamides is 1. The Morgan fingerprint density at radius 2 is 1.61 bits per heavy atom. The monoisotopic (exact) mass is 593 g/mol. The maximum Gasteiger partial charge on any atom is 0.345 e. The zero-order valence-corrected chi connectivity index (χ0v) is 22.8. The van der Waals surface area contributed by atoms with Crippen LogP contribution in [0.2, 0.25) is 10.0 Å². The highest BCUT2D eigenvalue weighted by atomic mass is 35.5. The molecule has 0 fully saturated rings. The first-order chi connectivity index (χ1) is 17.8. The molecule has 4 aromatic carbocycles. The van der Waals surface area contributed by atoms with Crippen molar-refractivity contribution in [1.29, 1.82) is 0 Å². The van der Waals surface area contributed by atoms with Crippen molar-refractivity contribution in [3.8, 4) is 0 Å². The fourth-order valence-electron chi connectivity index (χ4n) is 3.81. The molecule has 0 bridgehead atoms. The van der Waals surface area contributed by atoms with Crippen LogP contribution in [0, 0.1) is 0 Å². The van der Waals surface area contributed by atoms with E-state index in [1.165, 1.54) is 24.3 Å². The van der Waals surface area contributed by atoms with E-state index >= 15 is 0 Å². The number of anilines is 2. The molecule has 38 heavy (non-hydrogen) atoms. The van der Waals surface area contributed by atoms with Gasteiger partial charge in [0.15, 0.2) is 0 Å². The molecule has 0 aliphatic carbocycles. The summed E-state index contributed by atoms with van der Waals surface area (Å²) in [5.74, 6) is -0.353. The minimum Gasteiger partial charge on any atom is -0.399 e. The Kier molecular flexibility index (Phi) is 8.04. The molecule has 0 saturated heterocycles. The minimum atomic E-state index is -4.85. The summed E-state index contributed by atoms with van der Waals surface area (Å²) < 4.78 is 39.4. The van der Waals surface area contributed by atoms with Gasteiger partial charge in [0, 0.05) is 27.8 Å². The zero-order valence-electron chi connectivity index (χ0n) is 19.6. The second kappa shape index (κ2) is 10.9. The summed E-state index contributed by atoms with van der Waals surface area (Å²) in [6.45, 7) is 0.268. The van der Waals surface area contributed by atoms with Gasteiger partial charge in [-0.15, -0.1) is 0 Å². The third-order valence-electron chi connectivity index (χ3n) is 5.57. The van der Waals surface area contributed by atoms with Gasteiger partial charge < -0.3 is 20.8 Å². The number of amides is 1. The molecule has 0 spiro atoms. The molecule has 0 aromatic heterocycles. The predicted molar refractivity (Wildman–Crippen MR) is 149 cm³/mol. The van der Waals surface area contributed by atoms with Crippen molar-refractivity contribution in [3.63, 3.8) is 0 Å². The standard InChI is InChI=1S/C25H22Cl2N3O6PS/c26-18-11-19(27)13-22(12-18)38(35,36)30(15-37(32,33)34)21-8-9-23-17(10-21)2-1-3-24(23)25(31)29-14-16-4-6-20(28)7-5-16/h1-13H,14-15,28H2,(H,29,31)(H2,32,33,34). The molecule has 1 amide bonds. The summed E-state index contributed by atoms with van der Waals surface area (Å²) in [6.07, 6.45) is -1.12. The summed E-state index contributed by atoms with van der Waals surface area (Å²) in [4.78, 5) is 31.9.